The highest BCUT2D eigenvalue weighted by molar-refractivity contribution is 7.20. The minimum absolute atomic E-state index is 0.517. The third-order valence-electron chi connectivity index (χ3n) is 1.34. The molecule has 4 heteroatoms. The monoisotopic (exact) mass is 163 g/mol. The second-order valence-corrected chi connectivity index (χ2v) is 3.48. The van der Waals surface area contributed by atoms with Gasteiger partial charge in [0, 0.05) is 0 Å². The van der Waals surface area contributed by atoms with Crippen LogP contribution in [0.3, 0.4) is 0 Å². The molecule has 60 valence electrons. The van der Waals surface area contributed by atoms with Crippen LogP contribution in [0, 0.1) is 0 Å². The van der Waals surface area contributed by atoms with Crippen molar-refractivity contribution in [2.75, 3.05) is 0 Å². The van der Waals surface area contributed by atoms with Crippen LogP contribution >= 0.6 is 9.24 Å². The molecule has 0 rings (SSSR count). The number of hydrogen-bond donors (Lipinski definition) is 2. The van der Waals surface area contributed by atoms with Crippen LogP contribution in [0.25, 0.3) is 0 Å². The minimum Gasteiger partial charge on any atom is -0.480 e. The summed E-state index contributed by atoms with van der Waals surface area (Å²) in [4.78, 5) is 10.4. The van der Waals surface area contributed by atoms with Gasteiger partial charge < -0.3 is 10.8 Å². The van der Waals surface area contributed by atoms with Gasteiger partial charge in [-0.3, -0.25) is 0 Å². The molecule has 0 spiro atoms. The van der Waals surface area contributed by atoms with Crippen LogP contribution in [0.1, 0.15) is 26.2 Å². The average Bonchev–Trinajstić information content (AvgIpc) is 1.84. The van der Waals surface area contributed by atoms with Gasteiger partial charge >= 0.3 is 5.97 Å². The quantitative estimate of drug-likeness (QED) is 0.602. The van der Waals surface area contributed by atoms with Crippen molar-refractivity contribution in [3.8, 4) is 0 Å². The first-order valence-electron chi connectivity index (χ1n) is 3.32. The summed E-state index contributed by atoms with van der Waals surface area (Å²) in [6.45, 7) is 2.00. The highest BCUT2D eigenvalue weighted by atomic mass is 31.0. The van der Waals surface area contributed by atoms with Crippen molar-refractivity contribution >= 4 is 15.2 Å². The van der Waals surface area contributed by atoms with Crippen molar-refractivity contribution in [3.63, 3.8) is 0 Å². The summed E-state index contributed by atoms with van der Waals surface area (Å²) in [6, 6.07) is 0. The van der Waals surface area contributed by atoms with Crippen LogP contribution in [0.4, 0.5) is 0 Å². The first-order chi connectivity index (χ1) is 4.50. The molecular weight excluding hydrogens is 149 g/mol. The molecule has 0 heterocycles. The van der Waals surface area contributed by atoms with E-state index in [0.717, 1.165) is 12.8 Å². The van der Waals surface area contributed by atoms with E-state index in [2.05, 4.69) is 9.24 Å². The number of carbonyl (C=O) groups is 1. The van der Waals surface area contributed by atoms with E-state index >= 15 is 0 Å². The molecule has 0 radical (unpaired) electrons. The van der Waals surface area contributed by atoms with E-state index in [1.54, 1.807) is 0 Å². The predicted molar refractivity (Wildman–Crippen MR) is 43.8 cm³/mol. The molecule has 0 aromatic carbocycles. The van der Waals surface area contributed by atoms with Gasteiger partial charge in [-0.05, 0) is 6.42 Å². The van der Waals surface area contributed by atoms with Gasteiger partial charge in [-0.25, -0.2) is 4.79 Å². The second-order valence-electron chi connectivity index (χ2n) is 2.45. The maximum absolute atomic E-state index is 10.4. The van der Waals surface area contributed by atoms with Crippen molar-refractivity contribution in [3.05, 3.63) is 0 Å². The highest BCUT2D eigenvalue weighted by Gasteiger charge is 2.26. The molecule has 0 aromatic heterocycles. The average molecular weight is 163 g/mol. The van der Waals surface area contributed by atoms with E-state index in [4.69, 9.17) is 10.8 Å². The summed E-state index contributed by atoms with van der Waals surface area (Å²) < 4.78 is 0. The number of nitrogens with two attached hydrogens (primary N) is 1. The largest absolute Gasteiger partial charge is 0.480 e. The fourth-order valence-electron chi connectivity index (χ4n) is 0.576. The Hall–Kier alpha value is -0.140. The van der Waals surface area contributed by atoms with Crippen LogP contribution in [0.5, 0.6) is 0 Å². The van der Waals surface area contributed by atoms with Crippen LogP contribution < -0.4 is 5.73 Å². The second kappa shape index (κ2) is 3.89. The summed E-state index contributed by atoms with van der Waals surface area (Å²) in [5, 5.41) is 7.41. The standard InChI is InChI=1S/C6H14NO2P/c1-2-3-4-6(7,10)5(8)9/h2-4,7,10H2,1H3,(H,8,9). The molecule has 0 fully saturated rings. The van der Waals surface area contributed by atoms with Gasteiger partial charge in [0.25, 0.3) is 0 Å². The zero-order valence-electron chi connectivity index (χ0n) is 6.13. The molecule has 2 atom stereocenters. The van der Waals surface area contributed by atoms with E-state index in [0.29, 0.717) is 6.42 Å². The van der Waals surface area contributed by atoms with E-state index in [1.165, 1.54) is 0 Å². The van der Waals surface area contributed by atoms with Crippen molar-refractivity contribution in [1.82, 2.24) is 0 Å². The summed E-state index contributed by atoms with van der Waals surface area (Å²) in [6.07, 6.45) is 2.34. The number of carboxylic acids is 1. The SMILES string of the molecule is CCCCC(N)(P)C(=O)O. The fourth-order valence-corrected chi connectivity index (χ4v) is 0.780. The van der Waals surface area contributed by atoms with E-state index < -0.39 is 11.2 Å². The molecule has 0 aromatic rings. The number of rotatable bonds is 4. The first kappa shape index (κ1) is 9.86. The molecule has 0 saturated heterocycles. The van der Waals surface area contributed by atoms with Gasteiger partial charge in [0.15, 0.2) is 0 Å². The highest BCUT2D eigenvalue weighted by Crippen LogP contribution is 2.18. The predicted octanol–water partition coefficient (Wildman–Crippen LogP) is 0.791. The smallest absolute Gasteiger partial charge is 0.327 e. The number of aliphatic carboxylic acids is 1. The molecule has 0 bridgehead atoms. The Morgan fingerprint density at radius 2 is 2.30 bits per heavy atom. The van der Waals surface area contributed by atoms with E-state index in [9.17, 15) is 4.79 Å². The van der Waals surface area contributed by atoms with Crippen LogP contribution in [0.2, 0.25) is 0 Å². The summed E-state index contributed by atoms with van der Waals surface area (Å²) in [5.74, 6) is -0.953. The lowest BCUT2D eigenvalue weighted by Gasteiger charge is -2.17. The summed E-state index contributed by atoms with van der Waals surface area (Å²) >= 11 is 0. The van der Waals surface area contributed by atoms with Crippen molar-refractivity contribution < 1.29 is 9.90 Å². The number of hydrogen-bond acceptors (Lipinski definition) is 2. The van der Waals surface area contributed by atoms with Crippen molar-refractivity contribution in [1.29, 1.82) is 0 Å². The summed E-state index contributed by atoms with van der Waals surface area (Å²) in [5.41, 5.74) is 5.41. The third kappa shape index (κ3) is 3.14. The van der Waals surface area contributed by atoms with E-state index in [1.807, 2.05) is 6.92 Å². The van der Waals surface area contributed by atoms with Gasteiger partial charge in [0.2, 0.25) is 0 Å². The zero-order valence-corrected chi connectivity index (χ0v) is 7.29. The Morgan fingerprint density at radius 3 is 2.60 bits per heavy atom. The summed E-state index contributed by atoms with van der Waals surface area (Å²) in [7, 11) is 2.16. The molecule has 0 amide bonds. The van der Waals surface area contributed by atoms with Gasteiger partial charge in [-0.2, -0.15) is 0 Å². The molecule has 0 saturated carbocycles. The van der Waals surface area contributed by atoms with Crippen LogP contribution in [0.15, 0.2) is 0 Å². The van der Waals surface area contributed by atoms with Crippen molar-refractivity contribution in [2.24, 2.45) is 5.73 Å². The zero-order chi connectivity index (χ0) is 8.20. The maximum Gasteiger partial charge on any atom is 0.327 e. The van der Waals surface area contributed by atoms with Crippen LogP contribution in [-0.4, -0.2) is 16.4 Å². The minimum atomic E-state index is -1.12. The number of carboxylic acid groups (broad SMARTS) is 1. The molecule has 10 heavy (non-hydrogen) atoms. The Bertz CT molecular complexity index is 125. The van der Waals surface area contributed by atoms with Gasteiger partial charge in [-0.15, -0.1) is 9.24 Å². The maximum atomic E-state index is 10.4. The fraction of sp³-hybridized carbons (Fsp3) is 0.833. The Kier molecular flexibility index (Phi) is 3.84. The topological polar surface area (TPSA) is 63.3 Å². The lowest BCUT2D eigenvalue weighted by Crippen LogP contribution is -2.41. The molecule has 3 nitrogen and oxygen atoms in total. The van der Waals surface area contributed by atoms with Crippen LogP contribution in [-0.2, 0) is 4.79 Å². The molecular formula is C6H14NO2P. The lowest BCUT2D eigenvalue weighted by molar-refractivity contribution is -0.140. The lowest BCUT2D eigenvalue weighted by atomic mass is 10.1. The molecule has 3 N–H and O–H groups in total. The Labute approximate surface area is 63.2 Å². The van der Waals surface area contributed by atoms with Crippen molar-refractivity contribution in [2.45, 2.75) is 31.5 Å². The normalized spacial score (nSPS) is 16.3. The Morgan fingerprint density at radius 1 is 1.80 bits per heavy atom. The molecule has 0 aliphatic heterocycles. The number of unbranched alkanes of at least 4 members (excludes halogenated alkanes) is 1. The van der Waals surface area contributed by atoms with Gasteiger partial charge in [0.05, 0.1) is 0 Å². The van der Waals surface area contributed by atoms with Gasteiger partial charge in [0.1, 0.15) is 5.28 Å². The van der Waals surface area contributed by atoms with E-state index in [-0.39, 0.29) is 0 Å². The molecule has 0 aliphatic carbocycles. The van der Waals surface area contributed by atoms with Gasteiger partial charge in [-0.1, -0.05) is 19.8 Å². The molecule has 0 aliphatic rings. The molecule has 2 unspecified atom stereocenters. The Balaban J connectivity index is 3.75. The third-order valence-corrected chi connectivity index (χ3v) is 1.88. The first-order valence-corrected chi connectivity index (χ1v) is 3.89.